The van der Waals surface area contributed by atoms with Crippen molar-refractivity contribution < 1.29 is 8.42 Å². The molecule has 1 aliphatic rings. The second-order valence-electron chi connectivity index (χ2n) is 6.92. The average molecular weight is 439 g/mol. The Morgan fingerprint density at radius 2 is 1.79 bits per heavy atom. The van der Waals surface area contributed by atoms with E-state index in [1.807, 2.05) is 28.9 Å². The Bertz CT molecular complexity index is 1090. The summed E-state index contributed by atoms with van der Waals surface area (Å²) in [5, 5.41) is 5.18. The number of benzene rings is 1. The minimum atomic E-state index is -3.65. The number of hydrogen-bond acceptors (Lipinski definition) is 4. The fourth-order valence-electron chi connectivity index (χ4n) is 3.39. The molecule has 0 N–H and O–H groups in total. The van der Waals surface area contributed by atoms with Crippen molar-refractivity contribution in [1.29, 1.82) is 0 Å². The van der Waals surface area contributed by atoms with Crippen molar-refractivity contribution in [3.63, 3.8) is 0 Å². The highest BCUT2D eigenvalue weighted by Crippen LogP contribution is 2.30. The van der Waals surface area contributed by atoms with Crippen LogP contribution in [0.5, 0.6) is 0 Å². The first-order valence-electron chi connectivity index (χ1n) is 8.96. The maximum atomic E-state index is 13.0. The van der Waals surface area contributed by atoms with Crippen molar-refractivity contribution in [2.24, 2.45) is 0 Å². The molecule has 1 aromatic carbocycles. The van der Waals surface area contributed by atoms with Gasteiger partial charge in [-0.1, -0.05) is 29.3 Å². The Labute approximate surface area is 174 Å². The number of aromatic nitrogens is 2. The fourth-order valence-corrected chi connectivity index (χ4v) is 5.62. The van der Waals surface area contributed by atoms with Crippen molar-refractivity contribution in [3.05, 3.63) is 63.9 Å². The van der Waals surface area contributed by atoms with E-state index in [2.05, 4.69) is 16.1 Å². The Kier molecular flexibility index (Phi) is 5.37. The maximum absolute atomic E-state index is 13.0. The van der Waals surface area contributed by atoms with Gasteiger partial charge in [-0.15, -0.1) is 0 Å². The van der Waals surface area contributed by atoms with Crippen molar-refractivity contribution in [1.82, 2.24) is 18.8 Å². The summed E-state index contributed by atoms with van der Waals surface area (Å²) >= 11 is 12.2. The number of pyridine rings is 1. The third-order valence-corrected chi connectivity index (χ3v) is 7.74. The molecule has 3 aromatic rings. The van der Waals surface area contributed by atoms with Crippen molar-refractivity contribution in [2.45, 2.75) is 18.4 Å². The van der Waals surface area contributed by atoms with Crippen LogP contribution in [0.1, 0.15) is 11.3 Å². The van der Waals surface area contributed by atoms with Gasteiger partial charge >= 0.3 is 0 Å². The predicted octanol–water partition coefficient (Wildman–Crippen LogP) is 3.46. The van der Waals surface area contributed by atoms with Crippen LogP contribution in [0.2, 0.25) is 10.0 Å². The van der Waals surface area contributed by atoms with Gasteiger partial charge in [0, 0.05) is 43.9 Å². The molecular weight excluding hydrogens is 419 g/mol. The second kappa shape index (κ2) is 7.65. The van der Waals surface area contributed by atoms with E-state index >= 15 is 0 Å². The largest absolute Gasteiger partial charge is 0.295 e. The molecule has 3 heterocycles. The van der Waals surface area contributed by atoms with Gasteiger partial charge in [0.05, 0.1) is 16.2 Å². The fraction of sp³-hybridized carbons (Fsp3) is 0.316. The molecule has 0 amide bonds. The molecule has 28 heavy (non-hydrogen) atoms. The third kappa shape index (κ3) is 3.77. The normalized spacial score (nSPS) is 16.7. The van der Waals surface area contributed by atoms with Gasteiger partial charge in [-0.25, -0.2) is 12.9 Å². The van der Waals surface area contributed by atoms with Crippen LogP contribution in [0.25, 0.3) is 5.52 Å². The van der Waals surface area contributed by atoms with Crippen LogP contribution in [-0.4, -0.2) is 53.4 Å². The van der Waals surface area contributed by atoms with Crippen molar-refractivity contribution in [2.75, 3.05) is 26.2 Å². The highest BCUT2D eigenvalue weighted by molar-refractivity contribution is 7.89. The van der Waals surface area contributed by atoms with E-state index < -0.39 is 10.0 Å². The van der Waals surface area contributed by atoms with E-state index in [0.29, 0.717) is 43.3 Å². The molecule has 0 aliphatic carbocycles. The van der Waals surface area contributed by atoms with Gasteiger partial charge in [-0.2, -0.15) is 9.40 Å². The number of aryl methyl sites for hydroxylation is 1. The van der Waals surface area contributed by atoms with E-state index in [4.69, 9.17) is 23.2 Å². The van der Waals surface area contributed by atoms with Gasteiger partial charge in [0.1, 0.15) is 4.90 Å². The zero-order valence-electron chi connectivity index (χ0n) is 15.3. The number of nitrogens with zero attached hydrogens (tertiary/aromatic N) is 4. The quantitative estimate of drug-likeness (QED) is 0.625. The summed E-state index contributed by atoms with van der Waals surface area (Å²) in [5.74, 6) is 0. The van der Waals surface area contributed by atoms with Crippen LogP contribution in [0.4, 0.5) is 0 Å². The lowest BCUT2D eigenvalue weighted by atomic mass is 10.2. The first-order chi connectivity index (χ1) is 13.3. The second-order valence-corrected chi connectivity index (χ2v) is 9.64. The lowest BCUT2D eigenvalue weighted by molar-refractivity contribution is 0.180. The number of rotatable bonds is 4. The minimum Gasteiger partial charge on any atom is -0.295 e. The standard InChI is InChI=1S/C19H20Cl2N4O2S/c1-14-10-19(18(21)12-17(14)20)28(26,27)24-8-6-23(7-9-24)13-15-11-16-4-2-3-5-25(16)22-15/h2-5,10-12H,6-9,13H2,1H3. The van der Waals surface area contributed by atoms with Gasteiger partial charge in [0.2, 0.25) is 10.0 Å². The first-order valence-corrected chi connectivity index (χ1v) is 11.2. The Morgan fingerprint density at radius 1 is 1.04 bits per heavy atom. The van der Waals surface area contributed by atoms with Crippen LogP contribution >= 0.6 is 23.2 Å². The Balaban J connectivity index is 1.45. The van der Waals surface area contributed by atoms with Crippen molar-refractivity contribution in [3.8, 4) is 0 Å². The minimum absolute atomic E-state index is 0.116. The van der Waals surface area contributed by atoms with E-state index in [9.17, 15) is 8.42 Å². The summed E-state index contributed by atoms with van der Waals surface area (Å²) in [5.41, 5.74) is 2.71. The number of hydrogen-bond donors (Lipinski definition) is 0. The van der Waals surface area contributed by atoms with E-state index in [-0.39, 0.29) is 9.92 Å². The van der Waals surface area contributed by atoms with Crippen LogP contribution < -0.4 is 0 Å². The van der Waals surface area contributed by atoms with Gasteiger partial charge < -0.3 is 0 Å². The zero-order valence-corrected chi connectivity index (χ0v) is 17.7. The molecule has 0 atom stereocenters. The summed E-state index contributed by atoms with van der Waals surface area (Å²) in [4.78, 5) is 2.33. The molecule has 4 rings (SSSR count). The molecule has 9 heteroatoms. The highest BCUT2D eigenvalue weighted by Gasteiger charge is 2.30. The Morgan fingerprint density at radius 3 is 2.50 bits per heavy atom. The molecule has 0 bridgehead atoms. The molecule has 2 aromatic heterocycles. The SMILES string of the molecule is Cc1cc(S(=O)(=O)N2CCN(Cc3cc4ccccn4n3)CC2)c(Cl)cc1Cl. The zero-order chi connectivity index (χ0) is 19.9. The Hall–Kier alpha value is -1.64. The number of halogens is 2. The lowest BCUT2D eigenvalue weighted by Gasteiger charge is -2.33. The van der Waals surface area contributed by atoms with Gasteiger partial charge in [-0.3, -0.25) is 4.90 Å². The molecule has 0 saturated carbocycles. The van der Waals surface area contributed by atoms with Crippen LogP contribution in [-0.2, 0) is 16.6 Å². The smallest absolute Gasteiger partial charge is 0.244 e. The number of fused-ring (bicyclic) bond motifs is 1. The summed E-state index contributed by atoms with van der Waals surface area (Å²) in [6.07, 6.45) is 1.92. The van der Waals surface area contributed by atoms with Crippen LogP contribution in [0.3, 0.4) is 0 Å². The molecular formula is C19H20Cl2N4O2S. The molecule has 0 unspecified atom stereocenters. The van der Waals surface area contributed by atoms with Gasteiger partial charge in [0.15, 0.2) is 0 Å². The van der Waals surface area contributed by atoms with Gasteiger partial charge in [0.25, 0.3) is 0 Å². The number of piperazine rings is 1. The summed E-state index contributed by atoms with van der Waals surface area (Å²) in [6, 6.07) is 11.0. The molecule has 1 aliphatic heterocycles. The van der Waals surface area contributed by atoms with Gasteiger partial charge in [-0.05, 0) is 42.8 Å². The first kappa shape index (κ1) is 19.7. The van der Waals surface area contributed by atoms with E-state index in [1.54, 1.807) is 13.0 Å². The summed E-state index contributed by atoms with van der Waals surface area (Å²) in [7, 11) is -3.65. The summed E-state index contributed by atoms with van der Waals surface area (Å²) < 4.78 is 29.4. The van der Waals surface area contributed by atoms with Crippen molar-refractivity contribution >= 4 is 38.7 Å². The maximum Gasteiger partial charge on any atom is 0.244 e. The molecule has 0 spiro atoms. The molecule has 148 valence electrons. The topological polar surface area (TPSA) is 57.9 Å². The lowest BCUT2D eigenvalue weighted by Crippen LogP contribution is -2.48. The van der Waals surface area contributed by atoms with E-state index in [1.165, 1.54) is 10.4 Å². The molecule has 6 nitrogen and oxygen atoms in total. The van der Waals surface area contributed by atoms with E-state index in [0.717, 1.165) is 11.2 Å². The molecule has 1 saturated heterocycles. The average Bonchev–Trinajstić information content (AvgIpc) is 3.07. The summed E-state index contributed by atoms with van der Waals surface area (Å²) in [6.45, 7) is 4.55. The molecule has 0 radical (unpaired) electrons. The van der Waals surface area contributed by atoms with Crippen LogP contribution in [0.15, 0.2) is 47.5 Å². The monoisotopic (exact) mass is 438 g/mol. The highest BCUT2D eigenvalue weighted by atomic mass is 35.5. The molecule has 1 fully saturated rings. The number of sulfonamides is 1. The third-order valence-electron chi connectivity index (χ3n) is 4.97. The van der Waals surface area contributed by atoms with Crippen LogP contribution in [0, 0.1) is 6.92 Å². The predicted molar refractivity (Wildman–Crippen MR) is 110 cm³/mol.